The van der Waals surface area contributed by atoms with Crippen LogP contribution < -0.4 is 0 Å². The van der Waals surface area contributed by atoms with Crippen LogP contribution in [0.25, 0.3) is 0 Å². The van der Waals surface area contributed by atoms with E-state index >= 15 is 0 Å². The predicted octanol–water partition coefficient (Wildman–Crippen LogP) is 3.48. The second-order valence-corrected chi connectivity index (χ2v) is 5.74. The summed E-state index contributed by atoms with van der Waals surface area (Å²) in [7, 11) is 0. The van der Waals surface area contributed by atoms with Crippen molar-refractivity contribution in [1.29, 1.82) is 0 Å². The smallest absolute Gasteiger partial charge is 0.309 e. The Kier molecular flexibility index (Phi) is 8.11. The number of likely N-dealkylation sites (tertiary alicyclic amines) is 1. The maximum Gasteiger partial charge on any atom is 0.309 e. The van der Waals surface area contributed by atoms with Gasteiger partial charge in [-0.3, -0.25) is 4.79 Å². The molecule has 1 heterocycles. The van der Waals surface area contributed by atoms with Crippen molar-refractivity contribution < 1.29 is 9.53 Å². The summed E-state index contributed by atoms with van der Waals surface area (Å²) in [5.41, 5.74) is 0. The van der Waals surface area contributed by atoms with Gasteiger partial charge in [0.15, 0.2) is 0 Å². The van der Waals surface area contributed by atoms with E-state index in [0.717, 1.165) is 31.8 Å². The van der Waals surface area contributed by atoms with Crippen LogP contribution in [0.15, 0.2) is 0 Å². The molecule has 3 nitrogen and oxygen atoms in total. The summed E-state index contributed by atoms with van der Waals surface area (Å²) in [5.74, 6) is 0.992. The van der Waals surface area contributed by atoms with E-state index < -0.39 is 0 Å². The highest BCUT2D eigenvalue weighted by Crippen LogP contribution is 2.21. The molecule has 0 aromatic rings. The van der Waals surface area contributed by atoms with E-state index in [0.29, 0.717) is 6.61 Å². The molecule has 1 rings (SSSR count). The molecule has 1 fully saturated rings. The first kappa shape index (κ1) is 16.5. The Morgan fingerprint density at radius 3 is 2.47 bits per heavy atom. The lowest BCUT2D eigenvalue weighted by atomic mass is 9.94. The minimum Gasteiger partial charge on any atom is -0.466 e. The Labute approximate surface area is 118 Å². The van der Waals surface area contributed by atoms with Crippen LogP contribution in [0.3, 0.4) is 0 Å². The average molecular weight is 269 g/mol. The maximum absolute atomic E-state index is 11.7. The molecule has 1 aliphatic heterocycles. The van der Waals surface area contributed by atoms with Crippen LogP contribution in [-0.4, -0.2) is 37.1 Å². The lowest BCUT2D eigenvalue weighted by Crippen LogP contribution is -2.39. The van der Waals surface area contributed by atoms with Crippen LogP contribution in [0.4, 0.5) is 0 Å². The molecule has 0 aromatic carbocycles. The van der Waals surface area contributed by atoms with Gasteiger partial charge in [-0.25, -0.2) is 0 Å². The molecule has 0 spiro atoms. The van der Waals surface area contributed by atoms with Gasteiger partial charge in [0.05, 0.1) is 12.5 Å². The third-order valence-electron chi connectivity index (χ3n) is 4.27. The van der Waals surface area contributed by atoms with Crippen molar-refractivity contribution in [2.45, 2.75) is 59.3 Å². The number of hydrogen-bond acceptors (Lipinski definition) is 3. The third kappa shape index (κ3) is 5.94. The van der Waals surface area contributed by atoms with E-state index in [9.17, 15) is 4.79 Å². The van der Waals surface area contributed by atoms with Crippen molar-refractivity contribution in [3.05, 3.63) is 0 Å². The summed E-state index contributed by atoms with van der Waals surface area (Å²) < 4.78 is 5.11. The molecule has 0 aromatic heterocycles. The van der Waals surface area contributed by atoms with Crippen LogP contribution in [0.1, 0.15) is 59.3 Å². The van der Waals surface area contributed by atoms with Crippen LogP contribution in [0, 0.1) is 11.8 Å². The van der Waals surface area contributed by atoms with Gasteiger partial charge in [-0.2, -0.15) is 0 Å². The van der Waals surface area contributed by atoms with Gasteiger partial charge in [-0.05, 0) is 45.2 Å². The Morgan fingerprint density at radius 1 is 1.26 bits per heavy atom. The number of ether oxygens (including phenoxy) is 1. The van der Waals surface area contributed by atoms with Crippen LogP contribution >= 0.6 is 0 Å². The number of carbonyl (C=O) groups is 1. The van der Waals surface area contributed by atoms with E-state index in [2.05, 4.69) is 18.7 Å². The van der Waals surface area contributed by atoms with Gasteiger partial charge >= 0.3 is 5.97 Å². The molecule has 19 heavy (non-hydrogen) atoms. The number of rotatable bonds is 8. The molecular weight excluding hydrogens is 238 g/mol. The monoisotopic (exact) mass is 269 g/mol. The summed E-state index contributed by atoms with van der Waals surface area (Å²) >= 11 is 0. The zero-order valence-corrected chi connectivity index (χ0v) is 13.0. The van der Waals surface area contributed by atoms with Gasteiger partial charge < -0.3 is 9.64 Å². The lowest BCUT2D eigenvalue weighted by molar-refractivity contribution is -0.149. The molecule has 1 saturated heterocycles. The fraction of sp³-hybridized carbons (Fsp3) is 0.938. The second-order valence-electron chi connectivity index (χ2n) is 5.74. The molecule has 3 heteroatoms. The molecule has 0 amide bonds. The Hall–Kier alpha value is -0.570. The summed E-state index contributed by atoms with van der Waals surface area (Å²) in [6.07, 6.45) is 7.22. The number of carbonyl (C=O) groups excluding carboxylic acids is 1. The fourth-order valence-corrected chi connectivity index (χ4v) is 2.89. The SMILES string of the molecule is CCCCC(CC)CN1CCC(C(=O)OCC)CC1. The molecule has 112 valence electrons. The fourth-order valence-electron chi connectivity index (χ4n) is 2.89. The molecule has 1 aliphatic rings. The van der Waals surface area contributed by atoms with Crippen molar-refractivity contribution in [2.75, 3.05) is 26.2 Å². The number of nitrogens with zero attached hydrogens (tertiary/aromatic N) is 1. The summed E-state index contributed by atoms with van der Waals surface area (Å²) in [6.45, 7) is 10.3. The minimum absolute atomic E-state index is 0.0141. The largest absolute Gasteiger partial charge is 0.466 e. The van der Waals surface area contributed by atoms with Crippen molar-refractivity contribution >= 4 is 5.97 Å². The van der Waals surface area contributed by atoms with Gasteiger partial charge in [0.25, 0.3) is 0 Å². The molecule has 1 unspecified atom stereocenters. The Bertz CT molecular complexity index is 247. The first-order valence-corrected chi connectivity index (χ1v) is 8.10. The predicted molar refractivity (Wildman–Crippen MR) is 79.1 cm³/mol. The average Bonchev–Trinajstić information content (AvgIpc) is 2.44. The van der Waals surface area contributed by atoms with Gasteiger partial charge in [0, 0.05) is 6.54 Å². The first-order valence-electron chi connectivity index (χ1n) is 8.10. The van der Waals surface area contributed by atoms with E-state index in [1.165, 1.54) is 32.2 Å². The van der Waals surface area contributed by atoms with E-state index in [1.54, 1.807) is 0 Å². The first-order chi connectivity index (χ1) is 9.21. The maximum atomic E-state index is 11.7. The van der Waals surface area contributed by atoms with E-state index in [1.807, 2.05) is 6.92 Å². The zero-order chi connectivity index (χ0) is 14.1. The van der Waals surface area contributed by atoms with Crippen molar-refractivity contribution in [2.24, 2.45) is 11.8 Å². The quantitative estimate of drug-likeness (QED) is 0.632. The van der Waals surface area contributed by atoms with Crippen molar-refractivity contribution in [1.82, 2.24) is 4.90 Å². The second kappa shape index (κ2) is 9.35. The molecule has 0 bridgehead atoms. The highest BCUT2D eigenvalue weighted by molar-refractivity contribution is 5.72. The minimum atomic E-state index is 0.0141. The number of unbranched alkanes of at least 4 members (excludes halogenated alkanes) is 1. The van der Waals surface area contributed by atoms with Gasteiger partial charge in [-0.1, -0.05) is 33.1 Å². The Balaban J connectivity index is 2.26. The van der Waals surface area contributed by atoms with Crippen molar-refractivity contribution in [3.8, 4) is 0 Å². The highest BCUT2D eigenvalue weighted by Gasteiger charge is 2.26. The molecule has 1 atom stereocenters. The van der Waals surface area contributed by atoms with E-state index in [4.69, 9.17) is 4.74 Å². The molecule has 0 N–H and O–H groups in total. The summed E-state index contributed by atoms with van der Waals surface area (Å²) in [6, 6.07) is 0. The zero-order valence-electron chi connectivity index (χ0n) is 13.0. The highest BCUT2D eigenvalue weighted by atomic mass is 16.5. The van der Waals surface area contributed by atoms with Gasteiger partial charge in [-0.15, -0.1) is 0 Å². The number of piperidine rings is 1. The van der Waals surface area contributed by atoms with Gasteiger partial charge in [0.1, 0.15) is 0 Å². The molecule has 0 aliphatic carbocycles. The van der Waals surface area contributed by atoms with Crippen LogP contribution in [0.2, 0.25) is 0 Å². The van der Waals surface area contributed by atoms with Crippen molar-refractivity contribution in [3.63, 3.8) is 0 Å². The Morgan fingerprint density at radius 2 is 1.95 bits per heavy atom. The molecular formula is C16H31NO2. The summed E-state index contributed by atoms with van der Waals surface area (Å²) in [4.78, 5) is 14.2. The van der Waals surface area contributed by atoms with Crippen LogP contribution in [-0.2, 0) is 9.53 Å². The topological polar surface area (TPSA) is 29.5 Å². The lowest BCUT2D eigenvalue weighted by Gasteiger charge is -2.33. The normalized spacial score (nSPS) is 19.3. The van der Waals surface area contributed by atoms with E-state index in [-0.39, 0.29) is 11.9 Å². The molecule has 0 radical (unpaired) electrons. The van der Waals surface area contributed by atoms with Gasteiger partial charge in [0.2, 0.25) is 0 Å². The summed E-state index contributed by atoms with van der Waals surface area (Å²) in [5, 5.41) is 0. The number of esters is 1. The molecule has 0 saturated carbocycles. The number of hydrogen-bond donors (Lipinski definition) is 0. The standard InChI is InChI=1S/C16H31NO2/c1-4-7-8-14(5-2)13-17-11-9-15(10-12-17)16(18)19-6-3/h14-15H,4-13H2,1-3H3. The third-order valence-corrected chi connectivity index (χ3v) is 4.27. The van der Waals surface area contributed by atoms with Crippen LogP contribution in [0.5, 0.6) is 0 Å².